The van der Waals surface area contributed by atoms with Crippen LogP contribution in [0.15, 0.2) is 54.6 Å². The van der Waals surface area contributed by atoms with Gasteiger partial charge in [-0.25, -0.2) is 13.2 Å². The lowest BCUT2D eigenvalue weighted by molar-refractivity contribution is 0.103. The van der Waals surface area contributed by atoms with Crippen LogP contribution in [0.4, 0.5) is 13.2 Å². The predicted octanol–water partition coefficient (Wildman–Crippen LogP) is 4.49. The summed E-state index contributed by atoms with van der Waals surface area (Å²) in [6.45, 7) is 0. The van der Waals surface area contributed by atoms with Crippen molar-refractivity contribution >= 4 is 16.6 Å². The van der Waals surface area contributed by atoms with E-state index in [1.165, 1.54) is 6.07 Å². The van der Waals surface area contributed by atoms with Crippen LogP contribution in [0.3, 0.4) is 0 Å². The van der Waals surface area contributed by atoms with Gasteiger partial charge in [0.2, 0.25) is 0 Å². The number of hydrogen-bond acceptors (Lipinski definition) is 1. The second-order valence-corrected chi connectivity index (χ2v) is 4.61. The van der Waals surface area contributed by atoms with Crippen LogP contribution < -0.4 is 0 Å². The lowest BCUT2D eigenvalue weighted by Gasteiger charge is -2.05. The first-order chi connectivity index (χ1) is 10.1. The van der Waals surface area contributed by atoms with Crippen LogP contribution in [-0.2, 0) is 0 Å². The molecule has 0 N–H and O–H groups in total. The molecule has 0 aliphatic rings. The van der Waals surface area contributed by atoms with Crippen molar-refractivity contribution in [1.82, 2.24) is 0 Å². The number of carbonyl (C=O) groups excluding carboxylic acids is 1. The Labute approximate surface area is 118 Å². The molecule has 0 fully saturated rings. The van der Waals surface area contributed by atoms with E-state index < -0.39 is 28.8 Å². The number of fused-ring (bicyclic) bond motifs is 1. The number of ketones is 1. The molecular weight excluding hydrogens is 277 g/mol. The number of carbonyl (C=O) groups is 1. The largest absolute Gasteiger partial charge is 0.288 e. The van der Waals surface area contributed by atoms with Gasteiger partial charge < -0.3 is 0 Å². The fourth-order valence-corrected chi connectivity index (χ4v) is 2.19. The zero-order valence-corrected chi connectivity index (χ0v) is 10.7. The lowest BCUT2D eigenvalue weighted by Crippen LogP contribution is -2.07. The van der Waals surface area contributed by atoms with Crippen molar-refractivity contribution in [2.24, 2.45) is 0 Å². The van der Waals surface area contributed by atoms with E-state index in [1.54, 1.807) is 12.1 Å². The first-order valence-corrected chi connectivity index (χ1v) is 6.25. The summed E-state index contributed by atoms with van der Waals surface area (Å²) in [5.74, 6) is -5.10. The van der Waals surface area contributed by atoms with Gasteiger partial charge in [0, 0.05) is 5.56 Å². The highest BCUT2D eigenvalue weighted by Gasteiger charge is 2.20. The molecule has 3 aromatic carbocycles. The predicted molar refractivity (Wildman–Crippen MR) is 73.7 cm³/mol. The van der Waals surface area contributed by atoms with Crippen molar-refractivity contribution in [2.45, 2.75) is 0 Å². The molecule has 0 saturated carbocycles. The SMILES string of the molecule is O=C(c1ccc2ccccc2c1)c1ccc(F)c(F)c1F. The molecule has 3 aromatic rings. The Balaban J connectivity index is 2.10. The lowest BCUT2D eigenvalue weighted by atomic mass is 9.99. The average Bonchev–Trinajstić information content (AvgIpc) is 2.52. The maximum absolute atomic E-state index is 13.7. The zero-order chi connectivity index (χ0) is 15.0. The molecule has 21 heavy (non-hydrogen) atoms. The number of halogens is 3. The molecule has 0 amide bonds. The van der Waals surface area contributed by atoms with E-state index in [2.05, 4.69) is 0 Å². The van der Waals surface area contributed by atoms with Crippen LogP contribution in [0, 0.1) is 17.5 Å². The Kier molecular flexibility index (Phi) is 3.22. The second-order valence-electron chi connectivity index (χ2n) is 4.61. The van der Waals surface area contributed by atoms with Gasteiger partial charge in [-0.3, -0.25) is 4.79 Å². The standard InChI is InChI=1S/C17H9F3O/c18-14-8-7-13(15(19)16(14)20)17(21)12-6-5-10-3-1-2-4-11(10)9-12/h1-9H. The smallest absolute Gasteiger partial charge is 0.196 e. The molecule has 0 spiro atoms. The summed E-state index contributed by atoms with van der Waals surface area (Å²) in [6.07, 6.45) is 0. The molecule has 1 nitrogen and oxygen atoms in total. The van der Waals surface area contributed by atoms with Crippen LogP contribution in [-0.4, -0.2) is 5.78 Å². The van der Waals surface area contributed by atoms with E-state index in [1.807, 2.05) is 24.3 Å². The van der Waals surface area contributed by atoms with Crippen molar-refractivity contribution in [2.75, 3.05) is 0 Å². The maximum Gasteiger partial charge on any atom is 0.196 e. The fraction of sp³-hybridized carbons (Fsp3) is 0. The molecular formula is C17H9F3O. The van der Waals surface area contributed by atoms with E-state index in [4.69, 9.17) is 0 Å². The monoisotopic (exact) mass is 286 g/mol. The Morgan fingerprint density at radius 2 is 1.48 bits per heavy atom. The second kappa shape index (κ2) is 5.05. The van der Waals surface area contributed by atoms with Crippen LogP contribution in [0.5, 0.6) is 0 Å². The highest BCUT2D eigenvalue weighted by atomic mass is 19.2. The minimum atomic E-state index is -1.64. The van der Waals surface area contributed by atoms with Crippen molar-refractivity contribution in [3.63, 3.8) is 0 Å². The molecule has 0 unspecified atom stereocenters. The van der Waals surface area contributed by atoms with Crippen molar-refractivity contribution in [3.8, 4) is 0 Å². The maximum atomic E-state index is 13.7. The van der Waals surface area contributed by atoms with Gasteiger partial charge in [0.1, 0.15) is 0 Å². The minimum absolute atomic E-state index is 0.221. The Bertz CT molecular complexity index is 856. The molecule has 0 atom stereocenters. The molecule has 0 radical (unpaired) electrons. The first-order valence-electron chi connectivity index (χ1n) is 6.25. The average molecular weight is 286 g/mol. The van der Waals surface area contributed by atoms with E-state index in [-0.39, 0.29) is 5.56 Å². The third-order valence-corrected chi connectivity index (χ3v) is 3.29. The molecule has 104 valence electrons. The Morgan fingerprint density at radius 1 is 0.762 bits per heavy atom. The summed E-state index contributed by atoms with van der Waals surface area (Å²) in [7, 11) is 0. The summed E-state index contributed by atoms with van der Waals surface area (Å²) in [4.78, 5) is 12.2. The molecule has 4 heteroatoms. The van der Waals surface area contributed by atoms with Gasteiger partial charge in [-0.15, -0.1) is 0 Å². The Morgan fingerprint density at radius 3 is 2.24 bits per heavy atom. The highest BCUT2D eigenvalue weighted by Crippen LogP contribution is 2.21. The molecule has 0 aliphatic heterocycles. The fourth-order valence-electron chi connectivity index (χ4n) is 2.19. The summed E-state index contributed by atoms with van der Waals surface area (Å²) in [5, 5.41) is 1.74. The molecule has 0 heterocycles. The minimum Gasteiger partial charge on any atom is -0.288 e. The van der Waals surface area contributed by atoms with Crippen molar-refractivity contribution in [3.05, 3.63) is 83.2 Å². The van der Waals surface area contributed by atoms with Gasteiger partial charge in [0.15, 0.2) is 23.2 Å². The summed E-state index contributed by atoms with van der Waals surface area (Å²) in [5.41, 5.74) is -0.261. The van der Waals surface area contributed by atoms with Gasteiger partial charge in [0.05, 0.1) is 5.56 Å². The summed E-state index contributed by atoms with van der Waals surface area (Å²) >= 11 is 0. The quantitative estimate of drug-likeness (QED) is 0.501. The van der Waals surface area contributed by atoms with E-state index in [9.17, 15) is 18.0 Å². The van der Waals surface area contributed by atoms with E-state index >= 15 is 0 Å². The zero-order valence-electron chi connectivity index (χ0n) is 10.7. The van der Waals surface area contributed by atoms with Gasteiger partial charge >= 0.3 is 0 Å². The van der Waals surface area contributed by atoms with Crippen LogP contribution >= 0.6 is 0 Å². The first kappa shape index (κ1) is 13.4. The van der Waals surface area contributed by atoms with Gasteiger partial charge in [-0.1, -0.05) is 36.4 Å². The van der Waals surface area contributed by atoms with Crippen LogP contribution in [0.2, 0.25) is 0 Å². The van der Waals surface area contributed by atoms with Gasteiger partial charge in [0.25, 0.3) is 0 Å². The van der Waals surface area contributed by atoms with Gasteiger partial charge in [-0.05, 0) is 29.0 Å². The topological polar surface area (TPSA) is 17.1 Å². The molecule has 0 saturated heterocycles. The molecule has 0 aliphatic carbocycles. The van der Waals surface area contributed by atoms with Crippen LogP contribution in [0.1, 0.15) is 15.9 Å². The molecule has 0 bridgehead atoms. The van der Waals surface area contributed by atoms with Gasteiger partial charge in [-0.2, -0.15) is 0 Å². The summed E-state index contributed by atoms with van der Waals surface area (Å²) < 4.78 is 39.8. The van der Waals surface area contributed by atoms with E-state index in [0.717, 1.165) is 22.9 Å². The van der Waals surface area contributed by atoms with Crippen molar-refractivity contribution < 1.29 is 18.0 Å². The summed E-state index contributed by atoms with van der Waals surface area (Å²) in [6, 6.07) is 13.9. The van der Waals surface area contributed by atoms with Crippen molar-refractivity contribution in [1.29, 1.82) is 0 Å². The third kappa shape index (κ3) is 2.29. The number of benzene rings is 3. The highest BCUT2D eigenvalue weighted by molar-refractivity contribution is 6.10. The molecule has 0 aromatic heterocycles. The third-order valence-electron chi connectivity index (χ3n) is 3.29. The Hall–Kier alpha value is -2.62. The normalized spacial score (nSPS) is 10.8. The van der Waals surface area contributed by atoms with E-state index in [0.29, 0.717) is 0 Å². The number of rotatable bonds is 2. The number of hydrogen-bond donors (Lipinski definition) is 0. The van der Waals surface area contributed by atoms with Crippen LogP contribution in [0.25, 0.3) is 10.8 Å². The molecule has 3 rings (SSSR count).